The number of amides is 3. The first-order valence-corrected chi connectivity index (χ1v) is 14.6. The van der Waals surface area contributed by atoms with Gasteiger partial charge in [-0.05, 0) is 100 Å². The summed E-state index contributed by atoms with van der Waals surface area (Å²) in [6, 6.07) is 11.0. The number of rotatable bonds is 12. The zero-order chi connectivity index (χ0) is 29.2. The van der Waals surface area contributed by atoms with Crippen LogP contribution < -0.4 is 15.4 Å². The normalized spacial score (nSPS) is 12.7. The Morgan fingerprint density at radius 3 is 2.28 bits per heavy atom. The fourth-order valence-corrected chi connectivity index (χ4v) is 4.63. The fraction of sp³-hybridized carbons (Fsp3) is 0.500. The standard InChI is InChI=1S/C30H43N3O5S/c1-9-18-33(28(35)25(17-19-39-8)32-29(36)38-30(4,5)6)26(24-12-10-11-20(2)21(24)3)27(34)31-22-13-15-23(37-7)16-14-22/h10-16,25-26H,9,17-19H2,1-8H3,(H,31,34)(H,32,36). The van der Waals surface area contributed by atoms with E-state index in [1.54, 1.807) is 68.8 Å². The quantitative estimate of drug-likeness (QED) is 0.338. The van der Waals surface area contributed by atoms with Crippen molar-refractivity contribution in [1.82, 2.24) is 10.2 Å². The summed E-state index contributed by atoms with van der Waals surface area (Å²) < 4.78 is 10.7. The maximum Gasteiger partial charge on any atom is 0.408 e. The van der Waals surface area contributed by atoms with Crippen molar-refractivity contribution in [3.63, 3.8) is 0 Å². The van der Waals surface area contributed by atoms with Gasteiger partial charge >= 0.3 is 6.09 Å². The van der Waals surface area contributed by atoms with Gasteiger partial charge in [-0.15, -0.1) is 0 Å². The van der Waals surface area contributed by atoms with Gasteiger partial charge in [0, 0.05) is 12.2 Å². The third kappa shape index (κ3) is 9.49. The van der Waals surface area contributed by atoms with E-state index in [9.17, 15) is 14.4 Å². The van der Waals surface area contributed by atoms with E-state index in [4.69, 9.17) is 9.47 Å². The molecule has 0 fully saturated rings. The molecular weight excluding hydrogens is 514 g/mol. The number of hydrogen-bond donors (Lipinski definition) is 2. The lowest BCUT2D eigenvalue weighted by molar-refractivity contribution is -0.140. The van der Waals surface area contributed by atoms with Crippen molar-refractivity contribution >= 4 is 35.4 Å². The third-order valence-electron chi connectivity index (χ3n) is 6.21. The van der Waals surface area contributed by atoms with Crippen LogP contribution in [0.3, 0.4) is 0 Å². The highest BCUT2D eigenvalue weighted by atomic mass is 32.2. The van der Waals surface area contributed by atoms with Gasteiger partial charge in [-0.2, -0.15) is 11.8 Å². The van der Waals surface area contributed by atoms with Gasteiger partial charge < -0.3 is 25.0 Å². The average Bonchev–Trinajstić information content (AvgIpc) is 2.87. The Kier molecular flexibility index (Phi) is 12.2. The molecule has 0 saturated heterocycles. The third-order valence-corrected chi connectivity index (χ3v) is 6.85. The van der Waals surface area contributed by atoms with E-state index in [-0.39, 0.29) is 11.8 Å². The molecule has 3 amide bonds. The fourth-order valence-electron chi connectivity index (χ4n) is 4.16. The molecule has 0 aliphatic rings. The molecule has 2 N–H and O–H groups in total. The molecule has 0 spiro atoms. The summed E-state index contributed by atoms with van der Waals surface area (Å²) in [6.45, 7) is 11.5. The Balaban J connectivity index is 2.52. The Hall–Kier alpha value is -3.20. The first kappa shape index (κ1) is 32.0. The van der Waals surface area contributed by atoms with E-state index in [1.807, 2.05) is 45.2 Å². The number of anilines is 1. The molecule has 9 heteroatoms. The number of nitrogens with one attached hydrogen (secondary N) is 2. The number of aryl methyl sites for hydroxylation is 1. The number of alkyl carbamates (subject to hydrolysis) is 1. The van der Waals surface area contributed by atoms with Crippen LogP contribution in [0.25, 0.3) is 0 Å². The van der Waals surface area contributed by atoms with Gasteiger partial charge in [0.2, 0.25) is 5.91 Å². The number of nitrogens with zero attached hydrogens (tertiary/aromatic N) is 1. The van der Waals surface area contributed by atoms with E-state index in [2.05, 4.69) is 10.6 Å². The molecule has 0 radical (unpaired) electrons. The van der Waals surface area contributed by atoms with Crippen LogP contribution in [0.1, 0.15) is 63.3 Å². The van der Waals surface area contributed by atoms with Crippen molar-refractivity contribution in [1.29, 1.82) is 0 Å². The van der Waals surface area contributed by atoms with Gasteiger partial charge in [0.1, 0.15) is 23.4 Å². The average molecular weight is 558 g/mol. The summed E-state index contributed by atoms with van der Waals surface area (Å²) >= 11 is 1.58. The molecule has 0 aliphatic carbocycles. The summed E-state index contributed by atoms with van der Waals surface area (Å²) in [5.41, 5.74) is 2.57. The molecule has 0 bridgehead atoms. The minimum absolute atomic E-state index is 0.326. The molecule has 2 rings (SSSR count). The molecule has 0 aromatic heterocycles. The van der Waals surface area contributed by atoms with Gasteiger partial charge in [0.05, 0.1) is 7.11 Å². The highest BCUT2D eigenvalue weighted by Crippen LogP contribution is 2.29. The summed E-state index contributed by atoms with van der Waals surface area (Å²) in [5.74, 6) is 0.661. The van der Waals surface area contributed by atoms with Gasteiger partial charge in [-0.25, -0.2) is 4.79 Å². The van der Waals surface area contributed by atoms with Crippen LogP contribution in [0.5, 0.6) is 5.75 Å². The van der Waals surface area contributed by atoms with Crippen LogP contribution in [-0.4, -0.2) is 60.1 Å². The maximum atomic E-state index is 14.1. The maximum absolute atomic E-state index is 14.1. The number of hydrogen-bond acceptors (Lipinski definition) is 6. The first-order valence-electron chi connectivity index (χ1n) is 13.2. The molecule has 2 aromatic carbocycles. The van der Waals surface area contributed by atoms with Gasteiger partial charge in [0.15, 0.2) is 0 Å². The SMILES string of the molecule is CCCN(C(=O)C(CCSC)NC(=O)OC(C)(C)C)C(C(=O)Nc1ccc(OC)cc1)c1cccc(C)c1C. The predicted octanol–water partition coefficient (Wildman–Crippen LogP) is 5.88. The van der Waals surface area contributed by atoms with Crippen molar-refractivity contribution in [3.8, 4) is 5.75 Å². The zero-order valence-corrected chi connectivity index (χ0v) is 25.2. The number of thioether (sulfide) groups is 1. The molecule has 0 heterocycles. The Bertz CT molecular complexity index is 1110. The molecule has 39 heavy (non-hydrogen) atoms. The van der Waals surface area contributed by atoms with Crippen molar-refractivity contribution < 1.29 is 23.9 Å². The van der Waals surface area contributed by atoms with Crippen LogP contribution in [0, 0.1) is 13.8 Å². The first-order chi connectivity index (χ1) is 18.4. The van der Waals surface area contributed by atoms with Crippen LogP contribution in [0.15, 0.2) is 42.5 Å². The lowest BCUT2D eigenvalue weighted by Gasteiger charge is -2.35. The smallest absolute Gasteiger partial charge is 0.408 e. The Morgan fingerprint density at radius 2 is 1.72 bits per heavy atom. The number of methoxy groups -OCH3 is 1. The summed E-state index contributed by atoms with van der Waals surface area (Å²) in [4.78, 5) is 42.4. The number of benzene rings is 2. The largest absolute Gasteiger partial charge is 0.497 e. The lowest BCUT2D eigenvalue weighted by atomic mass is 9.94. The Labute approximate surface area is 237 Å². The topological polar surface area (TPSA) is 97.0 Å². The van der Waals surface area contributed by atoms with E-state index >= 15 is 0 Å². The van der Waals surface area contributed by atoms with E-state index in [1.165, 1.54) is 0 Å². The molecule has 214 valence electrons. The number of ether oxygens (including phenoxy) is 2. The van der Waals surface area contributed by atoms with E-state index in [0.29, 0.717) is 36.6 Å². The van der Waals surface area contributed by atoms with Crippen LogP contribution in [0.2, 0.25) is 0 Å². The van der Waals surface area contributed by atoms with Gasteiger partial charge in [-0.1, -0.05) is 25.1 Å². The zero-order valence-electron chi connectivity index (χ0n) is 24.4. The van der Waals surface area contributed by atoms with Crippen LogP contribution in [-0.2, 0) is 14.3 Å². The highest BCUT2D eigenvalue weighted by molar-refractivity contribution is 7.98. The molecule has 2 atom stereocenters. The number of carbonyl (C=O) groups excluding carboxylic acids is 3. The van der Waals surface area contributed by atoms with Crippen LogP contribution >= 0.6 is 11.8 Å². The Morgan fingerprint density at radius 1 is 1.05 bits per heavy atom. The summed E-state index contributed by atoms with van der Waals surface area (Å²) in [6.07, 6.45) is 2.31. The summed E-state index contributed by atoms with van der Waals surface area (Å²) in [5, 5.41) is 5.75. The second-order valence-electron chi connectivity index (χ2n) is 10.4. The molecule has 0 saturated carbocycles. The minimum atomic E-state index is -0.906. The molecule has 8 nitrogen and oxygen atoms in total. The molecule has 2 unspecified atom stereocenters. The van der Waals surface area contributed by atoms with Gasteiger partial charge in [0.25, 0.3) is 5.91 Å². The molecule has 0 aliphatic heterocycles. The monoisotopic (exact) mass is 557 g/mol. The van der Waals surface area contributed by atoms with Crippen LogP contribution in [0.4, 0.5) is 10.5 Å². The minimum Gasteiger partial charge on any atom is -0.497 e. The van der Waals surface area contributed by atoms with Crippen molar-refractivity contribution in [3.05, 3.63) is 59.2 Å². The van der Waals surface area contributed by atoms with E-state index < -0.39 is 23.8 Å². The molecular formula is C30H43N3O5S. The second kappa shape index (κ2) is 14.8. The van der Waals surface area contributed by atoms with Crippen molar-refractivity contribution in [2.75, 3.05) is 31.0 Å². The predicted molar refractivity (Wildman–Crippen MR) is 158 cm³/mol. The number of carbonyl (C=O) groups is 3. The molecule has 2 aromatic rings. The second-order valence-corrected chi connectivity index (χ2v) is 11.4. The van der Waals surface area contributed by atoms with E-state index in [0.717, 1.165) is 16.7 Å². The lowest BCUT2D eigenvalue weighted by Crippen LogP contribution is -2.53. The van der Waals surface area contributed by atoms with Crippen molar-refractivity contribution in [2.45, 2.75) is 72.1 Å². The summed E-state index contributed by atoms with van der Waals surface area (Å²) in [7, 11) is 1.58. The van der Waals surface area contributed by atoms with Gasteiger partial charge in [-0.3, -0.25) is 9.59 Å². The highest BCUT2D eigenvalue weighted by Gasteiger charge is 2.36. The van der Waals surface area contributed by atoms with Crippen molar-refractivity contribution in [2.24, 2.45) is 0 Å².